The smallest absolute Gasteiger partial charge is 0.256 e. The Morgan fingerprint density at radius 1 is 1.29 bits per heavy atom. The summed E-state index contributed by atoms with van der Waals surface area (Å²) in [5.74, 6) is -0.0215. The number of hydrogen-bond donors (Lipinski definition) is 1. The summed E-state index contributed by atoms with van der Waals surface area (Å²) in [4.78, 5) is 14.9. The average molecular weight is 349 g/mol. The molecule has 3 rings (SSSR count). The molecule has 130 valence electrons. The van der Waals surface area contributed by atoms with Gasteiger partial charge >= 0.3 is 0 Å². The van der Waals surface area contributed by atoms with E-state index in [1.54, 1.807) is 0 Å². The number of fused-ring (bicyclic) bond motifs is 1. The average Bonchev–Trinajstić information content (AvgIpc) is 2.89. The van der Waals surface area contributed by atoms with Crippen molar-refractivity contribution < 1.29 is 13.2 Å². The molecule has 0 radical (unpaired) electrons. The minimum Gasteiger partial charge on any atom is -0.350 e. The van der Waals surface area contributed by atoms with Gasteiger partial charge in [0.2, 0.25) is 10.0 Å². The van der Waals surface area contributed by atoms with Crippen LogP contribution in [0.3, 0.4) is 0 Å². The SMILES string of the molecule is Cn1cc(C(=O)N2CCCC[C@@H]2CNS(C)(=O)=O)c2ccccc21. The molecule has 1 aromatic heterocycles. The lowest BCUT2D eigenvalue weighted by molar-refractivity contribution is 0.0620. The van der Waals surface area contributed by atoms with Crippen LogP contribution in [0, 0.1) is 0 Å². The topological polar surface area (TPSA) is 71.4 Å². The van der Waals surface area contributed by atoms with Gasteiger partial charge in [-0.15, -0.1) is 0 Å². The second kappa shape index (κ2) is 6.57. The molecule has 0 spiro atoms. The highest BCUT2D eigenvalue weighted by Gasteiger charge is 2.29. The Bertz CT molecular complexity index is 857. The van der Waals surface area contributed by atoms with Crippen LogP contribution in [0.4, 0.5) is 0 Å². The normalized spacial score (nSPS) is 18.9. The monoisotopic (exact) mass is 349 g/mol. The number of carbonyl (C=O) groups excluding carboxylic acids is 1. The van der Waals surface area contributed by atoms with Gasteiger partial charge in [0.05, 0.1) is 11.8 Å². The maximum absolute atomic E-state index is 13.1. The third-order valence-corrected chi connectivity index (χ3v) is 5.29. The van der Waals surface area contributed by atoms with E-state index in [1.165, 1.54) is 0 Å². The van der Waals surface area contributed by atoms with Crippen molar-refractivity contribution in [3.63, 3.8) is 0 Å². The van der Waals surface area contributed by atoms with Crippen molar-refractivity contribution >= 4 is 26.8 Å². The minimum absolute atomic E-state index is 0.0215. The Morgan fingerprint density at radius 3 is 2.79 bits per heavy atom. The van der Waals surface area contributed by atoms with Crippen LogP contribution in [-0.4, -0.2) is 49.2 Å². The van der Waals surface area contributed by atoms with Gasteiger partial charge in [0.15, 0.2) is 0 Å². The summed E-state index contributed by atoms with van der Waals surface area (Å²) in [7, 11) is -1.33. The molecule has 6 nitrogen and oxygen atoms in total. The lowest BCUT2D eigenvalue weighted by Crippen LogP contribution is -2.49. The molecule has 0 unspecified atom stereocenters. The van der Waals surface area contributed by atoms with Gasteiger partial charge in [0.1, 0.15) is 0 Å². The van der Waals surface area contributed by atoms with E-state index in [0.717, 1.165) is 36.4 Å². The number of sulfonamides is 1. The quantitative estimate of drug-likeness (QED) is 0.914. The Balaban J connectivity index is 1.88. The van der Waals surface area contributed by atoms with E-state index in [-0.39, 0.29) is 18.5 Å². The molecule has 1 atom stereocenters. The molecule has 0 saturated carbocycles. The van der Waals surface area contributed by atoms with Crippen molar-refractivity contribution in [2.24, 2.45) is 7.05 Å². The van der Waals surface area contributed by atoms with Crippen molar-refractivity contribution in [2.45, 2.75) is 25.3 Å². The summed E-state index contributed by atoms with van der Waals surface area (Å²) < 4.78 is 27.3. The molecule has 2 aromatic rings. The fourth-order valence-electron chi connectivity index (χ4n) is 3.39. The van der Waals surface area contributed by atoms with Gasteiger partial charge < -0.3 is 9.47 Å². The number of piperidine rings is 1. The zero-order chi connectivity index (χ0) is 17.3. The molecular weight excluding hydrogens is 326 g/mol. The predicted octanol–water partition coefficient (Wildman–Crippen LogP) is 1.72. The molecule has 1 amide bonds. The number of nitrogens with one attached hydrogen (secondary N) is 1. The third-order valence-electron chi connectivity index (χ3n) is 4.60. The first kappa shape index (κ1) is 17.0. The van der Waals surface area contributed by atoms with E-state index < -0.39 is 10.0 Å². The van der Waals surface area contributed by atoms with Crippen LogP contribution in [0.15, 0.2) is 30.5 Å². The fraction of sp³-hybridized carbons (Fsp3) is 0.471. The van der Waals surface area contributed by atoms with E-state index in [4.69, 9.17) is 0 Å². The molecule has 7 heteroatoms. The molecule has 1 saturated heterocycles. The summed E-state index contributed by atoms with van der Waals surface area (Å²) in [6.07, 6.45) is 5.79. The highest BCUT2D eigenvalue weighted by molar-refractivity contribution is 7.88. The van der Waals surface area contributed by atoms with Crippen LogP contribution < -0.4 is 4.72 Å². The van der Waals surface area contributed by atoms with E-state index in [0.29, 0.717) is 12.1 Å². The second-order valence-corrected chi connectivity index (χ2v) is 8.27. The number of rotatable bonds is 4. The van der Waals surface area contributed by atoms with Crippen LogP contribution in [-0.2, 0) is 17.1 Å². The van der Waals surface area contributed by atoms with E-state index in [9.17, 15) is 13.2 Å². The fourth-order valence-corrected chi connectivity index (χ4v) is 3.89. The molecule has 1 fully saturated rings. The summed E-state index contributed by atoms with van der Waals surface area (Å²) in [6.45, 7) is 0.938. The highest BCUT2D eigenvalue weighted by Crippen LogP contribution is 2.25. The summed E-state index contributed by atoms with van der Waals surface area (Å²) in [6, 6.07) is 7.73. The van der Waals surface area contributed by atoms with Crippen LogP contribution >= 0.6 is 0 Å². The Morgan fingerprint density at radius 2 is 2.04 bits per heavy atom. The first-order valence-corrected chi connectivity index (χ1v) is 10.1. The van der Waals surface area contributed by atoms with Gasteiger partial charge in [-0.2, -0.15) is 0 Å². The van der Waals surface area contributed by atoms with Crippen LogP contribution in [0.5, 0.6) is 0 Å². The van der Waals surface area contributed by atoms with E-state index in [1.807, 2.05) is 47.0 Å². The first-order valence-electron chi connectivity index (χ1n) is 8.16. The zero-order valence-electron chi connectivity index (χ0n) is 14.0. The Labute approximate surface area is 142 Å². The number of para-hydroxylation sites is 1. The number of aromatic nitrogens is 1. The van der Waals surface area contributed by atoms with Gasteiger partial charge in [-0.1, -0.05) is 18.2 Å². The van der Waals surface area contributed by atoms with Gasteiger partial charge in [0, 0.05) is 43.3 Å². The molecule has 0 aliphatic carbocycles. The van der Waals surface area contributed by atoms with Crippen LogP contribution in [0.2, 0.25) is 0 Å². The molecule has 1 aromatic carbocycles. The molecule has 24 heavy (non-hydrogen) atoms. The number of nitrogens with zero attached hydrogens (tertiary/aromatic N) is 2. The zero-order valence-corrected chi connectivity index (χ0v) is 14.8. The van der Waals surface area contributed by atoms with Gasteiger partial charge in [-0.05, 0) is 25.3 Å². The van der Waals surface area contributed by atoms with Crippen molar-refractivity contribution in [1.82, 2.24) is 14.2 Å². The Kier molecular flexibility index (Phi) is 4.64. The van der Waals surface area contributed by atoms with Gasteiger partial charge in [0.25, 0.3) is 5.91 Å². The standard InChI is InChI=1S/C17H23N3O3S/c1-19-12-15(14-8-3-4-9-16(14)19)17(21)20-10-6-5-7-13(20)11-18-24(2,22)23/h3-4,8-9,12-13,18H,5-7,10-11H2,1-2H3/t13-/m1/s1. The van der Waals surface area contributed by atoms with Crippen molar-refractivity contribution in [3.8, 4) is 0 Å². The summed E-state index contributed by atoms with van der Waals surface area (Å²) >= 11 is 0. The molecule has 1 N–H and O–H groups in total. The summed E-state index contributed by atoms with van der Waals surface area (Å²) in [5.41, 5.74) is 1.70. The third kappa shape index (κ3) is 3.47. The number of hydrogen-bond acceptors (Lipinski definition) is 3. The van der Waals surface area contributed by atoms with Crippen molar-refractivity contribution in [2.75, 3.05) is 19.3 Å². The maximum atomic E-state index is 13.1. The molecule has 0 bridgehead atoms. The maximum Gasteiger partial charge on any atom is 0.256 e. The number of aryl methyl sites for hydroxylation is 1. The number of carbonyl (C=O) groups is 1. The van der Waals surface area contributed by atoms with E-state index in [2.05, 4.69) is 4.72 Å². The number of likely N-dealkylation sites (tertiary alicyclic amines) is 1. The first-order chi connectivity index (χ1) is 11.4. The predicted molar refractivity (Wildman–Crippen MR) is 94.4 cm³/mol. The molecule has 1 aliphatic heterocycles. The van der Waals surface area contributed by atoms with Gasteiger partial charge in [-0.3, -0.25) is 4.79 Å². The second-order valence-electron chi connectivity index (χ2n) is 6.44. The van der Waals surface area contributed by atoms with Crippen LogP contribution in [0.1, 0.15) is 29.6 Å². The summed E-state index contributed by atoms with van der Waals surface area (Å²) in [5, 5.41) is 0.936. The minimum atomic E-state index is -3.26. The number of amides is 1. The van der Waals surface area contributed by atoms with Crippen molar-refractivity contribution in [3.05, 3.63) is 36.0 Å². The van der Waals surface area contributed by atoms with E-state index >= 15 is 0 Å². The number of benzene rings is 1. The molecule has 2 heterocycles. The lowest BCUT2D eigenvalue weighted by atomic mass is 10.0. The molecule has 1 aliphatic rings. The van der Waals surface area contributed by atoms with Crippen molar-refractivity contribution in [1.29, 1.82) is 0 Å². The Hall–Kier alpha value is -1.86. The van der Waals surface area contributed by atoms with Gasteiger partial charge in [-0.25, -0.2) is 13.1 Å². The largest absolute Gasteiger partial charge is 0.350 e. The molecular formula is C17H23N3O3S. The lowest BCUT2D eigenvalue weighted by Gasteiger charge is -2.35. The highest BCUT2D eigenvalue weighted by atomic mass is 32.2. The van der Waals surface area contributed by atoms with Crippen LogP contribution in [0.25, 0.3) is 10.9 Å².